The SMILES string of the molecule is Cc1ccc2c(NC(=O)OC(C)(C)C)cccc2c1. The highest BCUT2D eigenvalue weighted by atomic mass is 16.6. The first kappa shape index (κ1) is 13.4. The molecule has 2 rings (SSSR count). The smallest absolute Gasteiger partial charge is 0.412 e. The molecule has 0 spiro atoms. The molecule has 1 amide bonds. The summed E-state index contributed by atoms with van der Waals surface area (Å²) in [5, 5.41) is 4.92. The Morgan fingerprint density at radius 1 is 1.16 bits per heavy atom. The molecule has 3 nitrogen and oxygen atoms in total. The number of aryl methyl sites for hydroxylation is 1. The fourth-order valence-corrected chi connectivity index (χ4v) is 1.93. The zero-order valence-corrected chi connectivity index (χ0v) is 11.8. The van der Waals surface area contributed by atoms with Crippen molar-refractivity contribution in [3.8, 4) is 0 Å². The second-order valence-electron chi connectivity index (χ2n) is 5.66. The Labute approximate surface area is 113 Å². The standard InChI is InChI=1S/C16H19NO2/c1-11-8-9-13-12(10-11)6-5-7-14(13)17-15(18)19-16(2,3)4/h5-10H,1-4H3,(H,17,18). The third-order valence-corrected chi connectivity index (χ3v) is 2.67. The molecule has 100 valence electrons. The van der Waals surface area contributed by atoms with Crippen LogP contribution in [0.25, 0.3) is 10.8 Å². The van der Waals surface area contributed by atoms with Gasteiger partial charge in [0.1, 0.15) is 5.60 Å². The van der Waals surface area contributed by atoms with Crippen LogP contribution >= 0.6 is 0 Å². The molecular weight excluding hydrogens is 238 g/mol. The number of hydrogen-bond acceptors (Lipinski definition) is 2. The van der Waals surface area contributed by atoms with Gasteiger partial charge in [-0.3, -0.25) is 5.32 Å². The highest BCUT2D eigenvalue weighted by Gasteiger charge is 2.16. The van der Waals surface area contributed by atoms with E-state index in [0.717, 1.165) is 16.5 Å². The largest absolute Gasteiger partial charge is 0.444 e. The van der Waals surface area contributed by atoms with Crippen molar-refractivity contribution in [2.24, 2.45) is 0 Å². The van der Waals surface area contributed by atoms with E-state index in [2.05, 4.69) is 11.4 Å². The summed E-state index contributed by atoms with van der Waals surface area (Å²) in [6, 6.07) is 12.0. The van der Waals surface area contributed by atoms with E-state index < -0.39 is 11.7 Å². The van der Waals surface area contributed by atoms with E-state index >= 15 is 0 Å². The van der Waals surface area contributed by atoms with Crippen LogP contribution in [0.1, 0.15) is 26.3 Å². The molecule has 0 aliphatic carbocycles. The van der Waals surface area contributed by atoms with E-state index in [-0.39, 0.29) is 0 Å². The van der Waals surface area contributed by atoms with Gasteiger partial charge >= 0.3 is 6.09 Å². The molecule has 0 aliphatic heterocycles. The Morgan fingerprint density at radius 2 is 1.89 bits per heavy atom. The van der Waals surface area contributed by atoms with Crippen LogP contribution in [0.5, 0.6) is 0 Å². The van der Waals surface area contributed by atoms with Gasteiger partial charge in [0, 0.05) is 5.39 Å². The normalized spacial score (nSPS) is 11.4. The quantitative estimate of drug-likeness (QED) is 0.817. The predicted octanol–water partition coefficient (Wildman–Crippen LogP) is 4.50. The average molecular weight is 257 g/mol. The molecular formula is C16H19NO2. The topological polar surface area (TPSA) is 38.3 Å². The van der Waals surface area contributed by atoms with Gasteiger partial charge in [-0.25, -0.2) is 4.79 Å². The van der Waals surface area contributed by atoms with Crippen molar-refractivity contribution in [2.75, 3.05) is 5.32 Å². The monoisotopic (exact) mass is 257 g/mol. The van der Waals surface area contributed by atoms with Gasteiger partial charge in [-0.2, -0.15) is 0 Å². The number of hydrogen-bond donors (Lipinski definition) is 1. The number of rotatable bonds is 1. The third kappa shape index (κ3) is 3.47. The lowest BCUT2D eigenvalue weighted by Gasteiger charge is -2.20. The van der Waals surface area contributed by atoms with Gasteiger partial charge in [0.25, 0.3) is 0 Å². The second-order valence-corrected chi connectivity index (χ2v) is 5.66. The number of carbonyl (C=O) groups excluding carboxylic acids is 1. The van der Waals surface area contributed by atoms with Crippen LogP contribution in [0.2, 0.25) is 0 Å². The Hall–Kier alpha value is -2.03. The van der Waals surface area contributed by atoms with Crippen molar-refractivity contribution in [3.63, 3.8) is 0 Å². The summed E-state index contributed by atoms with van der Waals surface area (Å²) >= 11 is 0. The van der Waals surface area contributed by atoms with Crippen molar-refractivity contribution in [1.29, 1.82) is 0 Å². The molecule has 0 aromatic heterocycles. The average Bonchev–Trinajstić information content (AvgIpc) is 2.26. The molecule has 3 heteroatoms. The number of benzene rings is 2. The summed E-state index contributed by atoms with van der Waals surface area (Å²) in [4.78, 5) is 11.8. The van der Waals surface area contributed by atoms with Crippen molar-refractivity contribution in [2.45, 2.75) is 33.3 Å². The summed E-state index contributed by atoms with van der Waals surface area (Å²) in [6.07, 6.45) is -0.430. The van der Waals surface area contributed by atoms with Crippen LogP contribution in [0.4, 0.5) is 10.5 Å². The predicted molar refractivity (Wildman–Crippen MR) is 78.5 cm³/mol. The van der Waals surface area contributed by atoms with Gasteiger partial charge in [-0.1, -0.05) is 35.9 Å². The van der Waals surface area contributed by atoms with Crippen molar-refractivity contribution in [1.82, 2.24) is 0 Å². The van der Waals surface area contributed by atoms with Crippen molar-refractivity contribution < 1.29 is 9.53 Å². The minimum atomic E-state index is -0.495. The fourth-order valence-electron chi connectivity index (χ4n) is 1.93. The second kappa shape index (κ2) is 4.92. The first-order valence-corrected chi connectivity index (χ1v) is 6.34. The maximum atomic E-state index is 11.8. The summed E-state index contributed by atoms with van der Waals surface area (Å²) < 4.78 is 5.26. The molecule has 0 unspecified atom stereocenters. The highest BCUT2D eigenvalue weighted by molar-refractivity contribution is 6.00. The lowest BCUT2D eigenvalue weighted by atomic mass is 10.1. The highest BCUT2D eigenvalue weighted by Crippen LogP contribution is 2.24. The van der Waals surface area contributed by atoms with Gasteiger partial charge < -0.3 is 4.74 Å². The molecule has 0 saturated heterocycles. The molecule has 0 atom stereocenters. The van der Waals surface area contributed by atoms with E-state index in [1.54, 1.807) is 0 Å². The third-order valence-electron chi connectivity index (χ3n) is 2.67. The van der Waals surface area contributed by atoms with Gasteiger partial charge in [-0.15, -0.1) is 0 Å². The molecule has 0 radical (unpaired) electrons. The molecule has 0 bridgehead atoms. The van der Waals surface area contributed by atoms with E-state index in [9.17, 15) is 4.79 Å². The van der Waals surface area contributed by atoms with E-state index in [4.69, 9.17) is 4.74 Å². The lowest BCUT2D eigenvalue weighted by molar-refractivity contribution is 0.0636. The molecule has 0 fully saturated rings. The van der Waals surface area contributed by atoms with E-state index in [1.807, 2.05) is 58.0 Å². The molecule has 0 saturated carbocycles. The number of nitrogens with one attached hydrogen (secondary N) is 1. The zero-order valence-electron chi connectivity index (χ0n) is 11.8. The lowest BCUT2D eigenvalue weighted by Crippen LogP contribution is -2.27. The van der Waals surface area contributed by atoms with Crippen LogP contribution in [-0.4, -0.2) is 11.7 Å². The van der Waals surface area contributed by atoms with Crippen molar-refractivity contribution >= 4 is 22.6 Å². The maximum absolute atomic E-state index is 11.8. The molecule has 1 N–H and O–H groups in total. The molecule has 0 heterocycles. The molecule has 0 aliphatic rings. The Bertz CT molecular complexity index is 612. The summed E-state index contributed by atoms with van der Waals surface area (Å²) in [5.74, 6) is 0. The van der Waals surface area contributed by atoms with Gasteiger partial charge in [0.15, 0.2) is 0 Å². The zero-order chi connectivity index (χ0) is 14.0. The van der Waals surface area contributed by atoms with E-state index in [1.165, 1.54) is 5.56 Å². The van der Waals surface area contributed by atoms with Gasteiger partial charge in [0.2, 0.25) is 0 Å². The molecule has 2 aromatic carbocycles. The van der Waals surface area contributed by atoms with Crippen molar-refractivity contribution in [3.05, 3.63) is 42.0 Å². The first-order valence-electron chi connectivity index (χ1n) is 6.34. The number of amides is 1. The molecule has 2 aromatic rings. The molecule has 19 heavy (non-hydrogen) atoms. The fraction of sp³-hybridized carbons (Fsp3) is 0.312. The number of ether oxygens (including phenoxy) is 1. The Morgan fingerprint density at radius 3 is 2.58 bits per heavy atom. The maximum Gasteiger partial charge on any atom is 0.412 e. The number of fused-ring (bicyclic) bond motifs is 1. The Kier molecular flexibility index (Phi) is 3.47. The summed E-state index contributed by atoms with van der Waals surface area (Å²) in [5.41, 5.74) is 1.47. The van der Waals surface area contributed by atoms with Crippen LogP contribution in [0, 0.1) is 6.92 Å². The van der Waals surface area contributed by atoms with Gasteiger partial charge in [0.05, 0.1) is 5.69 Å². The van der Waals surface area contributed by atoms with Crippen LogP contribution in [0.15, 0.2) is 36.4 Å². The van der Waals surface area contributed by atoms with Crippen LogP contribution < -0.4 is 5.32 Å². The minimum absolute atomic E-state index is 0.430. The van der Waals surface area contributed by atoms with Crippen LogP contribution in [-0.2, 0) is 4.74 Å². The van der Waals surface area contributed by atoms with Crippen LogP contribution in [0.3, 0.4) is 0 Å². The first-order chi connectivity index (χ1) is 8.85. The Balaban J connectivity index is 2.28. The van der Waals surface area contributed by atoms with E-state index in [0.29, 0.717) is 0 Å². The minimum Gasteiger partial charge on any atom is -0.444 e. The van der Waals surface area contributed by atoms with Gasteiger partial charge in [-0.05, 0) is 39.1 Å². The summed E-state index contributed by atoms with van der Waals surface area (Å²) in [6.45, 7) is 7.59. The number of anilines is 1. The number of carbonyl (C=O) groups is 1. The summed E-state index contributed by atoms with van der Waals surface area (Å²) in [7, 11) is 0.